The van der Waals surface area contributed by atoms with Crippen molar-refractivity contribution in [1.82, 2.24) is 13.9 Å². The standard InChI is InChI=1S/C6H10N4O2S/c7-13(11,12)10-3-6(4-10)9-2-1-8-5-9/h1-2,5-6H,3-4H2,(H2,7,11,12). The van der Waals surface area contributed by atoms with Crippen molar-refractivity contribution in [1.29, 1.82) is 0 Å². The van der Waals surface area contributed by atoms with Gasteiger partial charge in [0, 0.05) is 25.5 Å². The highest BCUT2D eigenvalue weighted by Crippen LogP contribution is 2.21. The summed E-state index contributed by atoms with van der Waals surface area (Å²) in [5, 5.41) is 4.93. The van der Waals surface area contributed by atoms with Crippen molar-refractivity contribution < 1.29 is 8.42 Å². The van der Waals surface area contributed by atoms with E-state index in [0.29, 0.717) is 13.1 Å². The number of rotatable bonds is 2. The molecule has 13 heavy (non-hydrogen) atoms. The summed E-state index contributed by atoms with van der Waals surface area (Å²) in [7, 11) is -3.49. The van der Waals surface area contributed by atoms with Gasteiger partial charge in [-0.25, -0.2) is 10.1 Å². The highest BCUT2D eigenvalue weighted by Gasteiger charge is 2.34. The van der Waals surface area contributed by atoms with Gasteiger partial charge in [0.15, 0.2) is 0 Å². The molecular weight excluding hydrogens is 192 g/mol. The van der Waals surface area contributed by atoms with Crippen LogP contribution >= 0.6 is 0 Å². The van der Waals surface area contributed by atoms with Crippen molar-refractivity contribution >= 4 is 10.2 Å². The van der Waals surface area contributed by atoms with Crippen LogP contribution in [0.25, 0.3) is 0 Å². The van der Waals surface area contributed by atoms with E-state index in [2.05, 4.69) is 4.98 Å². The topological polar surface area (TPSA) is 81.2 Å². The lowest BCUT2D eigenvalue weighted by atomic mass is 10.2. The summed E-state index contributed by atoms with van der Waals surface area (Å²) in [5.74, 6) is 0. The average Bonchev–Trinajstić information content (AvgIpc) is 2.31. The van der Waals surface area contributed by atoms with Crippen molar-refractivity contribution in [2.75, 3.05) is 13.1 Å². The van der Waals surface area contributed by atoms with Crippen LogP contribution < -0.4 is 5.14 Å². The van der Waals surface area contributed by atoms with Gasteiger partial charge in [-0.1, -0.05) is 0 Å². The number of nitrogens with two attached hydrogens (primary N) is 1. The molecule has 0 saturated carbocycles. The summed E-state index contributed by atoms with van der Waals surface area (Å²) in [6.07, 6.45) is 5.15. The lowest BCUT2D eigenvalue weighted by Gasteiger charge is -2.37. The SMILES string of the molecule is NS(=O)(=O)N1CC(n2ccnc2)C1. The summed E-state index contributed by atoms with van der Waals surface area (Å²) in [6.45, 7) is 0.879. The molecule has 0 amide bonds. The molecule has 1 aromatic heterocycles. The van der Waals surface area contributed by atoms with E-state index in [-0.39, 0.29) is 6.04 Å². The van der Waals surface area contributed by atoms with Gasteiger partial charge in [0.05, 0.1) is 12.4 Å². The Kier molecular flexibility index (Phi) is 1.86. The predicted molar refractivity (Wildman–Crippen MR) is 45.9 cm³/mol. The van der Waals surface area contributed by atoms with Crippen molar-refractivity contribution in [2.45, 2.75) is 6.04 Å². The van der Waals surface area contributed by atoms with Crippen LogP contribution in [-0.4, -0.2) is 35.4 Å². The van der Waals surface area contributed by atoms with E-state index in [4.69, 9.17) is 5.14 Å². The molecule has 0 atom stereocenters. The predicted octanol–water partition coefficient (Wildman–Crippen LogP) is -1.06. The number of nitrogens with zero attached hydrogens (tertiary/aromatic N) is 3. The average molecular weight is 202 g/mol. The highest BCUT2D eigenvalue weighted by atomic mass is 32.2. The largest absolute Gasteiger partial charge is 0.332 e. The lowest BCUT2D eigenvalue weighted by Crippen LogP contribution is -2.52. The second-order valence-electron chi connectivity index (χ2n) is 3.03. The van der Waals surface area contributed by atoms with Gasteiger partial charge in [-0.2, -0.15) is 12.7 Å². The zero-order valence-corrected chi connectivity index (χ0v) is 7.68. The van der Waals surface area contributed by atoms with Crippen LogP contribution in [0.3, 0.4) is 0 Å². The van der Waals surface area contributed by atoms with Gasteiger partial charge in [-0.3, -0.25) is 0 Å². The number of imidazole rings is 1. The molecule has 6 nitrogen and oxygen atoms in total. The molecule has 1 saturated heterocycles. The first-order valence-corrected chi connectivity index (χ1v) is 5.33. The van der Waals surface area contributed by atoms with Gasteiger partial charge < -0.3 is 4.57 Å². The Hall–Kier alpha value is -0.920. The maximum Gasteiger partial charge on any atom is 0.277 e. The van der Waals surface area contributed by atoms with Crippen LogP contribution in [0, 0.1) is 0 Å². The second kappa shape index (κ2) is 2.79. The molecule has 0 bridgehead atoms. The van der Waals surface area contributed by atoms with Crippen molar-refractivity contribution in [3.8, 4) is 0 Å². The summed E-state index contributed by atoms with van der Waals surface area (Å²) in [6, 6.07) is 0.181. The zero-order valence-electron chi connectivity index (χ0n) is 6.87. The van der Waals surface area contributed by atoms with Crippen LogP contribution in [0.5, 0.6) is 0 Å². The molecule has 0 aliphatic carbocycles. The van der Waals surface area contributed by atoms with Crippen LogP contribution in [-0.2, 0) is 10.2 Å². The Morgan fingerprint density at radius 3 is 2.62 bits per heavy atom. The maximum absolute atomic E-state index is 10.8. The Labute approximate surface area is 76.2 Å². The molecule has 2 rings (SSSR count). The molecule has 0 aromatic carbocycles. The molecule has 0 radical (unpaired) electrons. The van der Waals surface area contributed by atoms with E-state index in [9.17, 15) is 8.42 Å². The normalized spacial score (nSPS) is 20.1. The van der Waals surface area contributed by atoms with Gasteiger partial charge in [-0.05, 0) is 0 Å². The minimum Gasteiger partial charge on any atom is -0.332 e. The summed E-state index contributed by atoms with van der Waals surface area (Å²) < 4.78 is 24.7. The van der Waals surface area contributed by atoms with Gasteiger partial charge in [0.2, 0.25) is 0 Å². The molecule has 72 valence electrons. The quantitative estimate of drug-likeness (QED) is 0.664. The molecule has 2 heterocycles. The Balaban J connectivity index is 2.00. The number of hydrogen-bond donors (Lipinski definition) is 1. The lowest BCUT2D eigenvalue weighted by molar-refractivity contribution is 0.204. The summed E-state index contributed by atoms with van der Waals surface area (Å²) >= 11 is 0. The van der Waals surface area contributed by atoms with E-state index >= 15 is 0 Å². The molecule has 7 heteroatoms. The summed E-state index contributed by atoms with van der Waals surface area (Å²) in [4.78, 5) is 3.88. The smallest absolute Gasteiger partial charge is 0.277 e. The highest BCUT2D eigenvalue weighted by molar-refractivity contribution is 7.86. The third-order valence-electron chi connectivity index (χ3n) is 2.14. The molecule has 1 aromatic rings. The van der Waals surface area contributed by atoms with Crippen LogP contribution in [0.15, 0.2) is 18.7 Å². The van der Waals surface area contributed by atoms with Crippen molar-refractivity contribution in [3.63, 3.8) is 0 Å². The minimum atomic E-state index is -3.49. The van der Waals surface area contributed by atoms with E-state index in [0.717, 1.165) is 0 Å². The van der Waals surface area contributed by atoms with Gasteiger partial charge >= 0.3 is 0 Å². The van der Waals surface area contributed by atoms with Gasteiger partial charge in [0.1, 0.15) is 0 Å². The number of aromatic nitrogens is 2. The van der Waals surface area contributed by atoms with E-state index in [1.165, 1.54) is 4.31 Å². The fourth-order valence-corrected chi connectivity index (χ4v) is 2.06. The Morgan fingerprint density at radius 1 is 1.46 bits per heavy atom. The fraction of sp³-hybridized carbons (Fsp3) is 0.500. The first-order valence-electron chi connectivity index (χ1n) is 3.82. The molecule has 1 aliphatic heterocycles. The van der Waals surface area contributed by atoms with E-state index < -0.39 is 10.2 Å². The van der Waals surface area contributed by atoms with Gasteiger partial charge in [-0.15, -0.1) is 0 Å². The molecule has 0 unspecified atom stereocenters. The van der Waals surface area contributed by atoms with Gasteiger partial charge in [0.25, 0.3) is 10.2 Å². The van der Waals surface area contributed by atoms with Crippen molar-refractivity contribution in [2.24, 2.45) is 5.14 Å². The first-order chi connectivity index (χ1) is 6.07. The first kappa shape index (κ1) is 8.67. The zero-order chi connectivity index (χ0) is 9.47. The minimum absolute atomic E-state index is 0.181. The molecule has 2 N–H and O–H groups in total. The van der Waals surface area contributed by atoms with Crippen molar-refractivity contribution in [3.05, 3.63) is 18.7 Å². The molecule has 0 spiro atoms. The summed E-state index contributed by atoms with van der Waals surface area (Å²) in [5.41, 5.74) is 0. The fourth-order valence-electron chi connectivity index (χ4n) is 1.30. The maximum atomic E-state index is 10.8. The number of hydrogen-bond acceptors (Lipinski definition) is 3. The van der Waals surface area contributed by atoms with E-state index in [1.54, 1.807) is 12.5 Å². The van der Waals surface area contributed by atoms with Crippen LogP contribution in [0.4, 0.5) is 0 Å². The van der Waals surface area contributed by atoms with Crippen LogP contribution in [0.2, 0.25) is 0 Å². The second-order valence-corrected chi connectivity index (χ2v) is 4.57. The van der Waals surface area contributed by atoms with Crippen LogP contribution in [0.1, 0.15) is 6.04 Å². The molecule has 1 fully saturated rings. The third-order valence-corrected chi connectivity index (χ3v) is 3.15. The Morgan fingerprint density at radius 2 is 2.15 bits per heavy atom. The third kappa shape index (κ3) is 1.58. The monoisotopic (exact) mass is 202 g/mol. The van der Waals surface area contributed by atoms with E-state index in [1.807, 2.05) is 10.8 Å². The molecular formula is C6H10N4O2S. The Bertz CT molecular complexity index is 379. The molecule has 1 aliphatic rings.